The van der Waals surface area contributed by atoms with Crippen molar-refractivity contribution in [2.24, 2.45) is 0 Å². The lowest BCUT2D eigenvalue weighted by Gasteiger charge is -2.26. The molecule has 0 aliphatic carbocycles. The molecule has 0 bridgehead atoms. The van der Waals surface area contributed by atoms with Gasteiger partial charge in [0.1, 0.15) is 5.82 Å². The quantitative estimate of drug-likeness (QED) is 0.819. The minimum absolute atomic E-state index is 0.0960. The van der Waals surface area contributed by atoms with Crippen LogP contribution in [0.3, 0.4) is 0 Å². The molecule has 2 nitrogen and oxygen atoms in total. The van der Waals surface area contributed by atoms with E-state index in [1.807, 2.05) is 6.07 Å². The monoisotopic (exact) mass is 243 g/mol. The van der Waals surface area contributed by atoms with Crippen molar-refractivity contribution in [1.82, 2.24) is 5.32 Å². The average Bonchev–Trinajstić information content (AvgIpc) is 2.32. The Bertz CT molecular complexity index is 402. The van der Waals surface area contributed by atoms with Crippen LogP contribution in [0.1, 0.15) is 22.8 Å². The van der Waals surface area contributed by atoms with Crippen LogP contribution in [0.5, 0.6) is 0 Å². The molecule has 1 unspecified atom stereocenters. The number of nitrogens with one attached hydrogen (secondary N) is 1. The van der Waals surface area contributed by atoms with E-state index >= 15 is 0 Å². The molecule has 2 rings (SSSR count). The van der Waals surface area contributed by atoms with Crippen LogP contribution in [-0.2, 0) is 4.74 Å². The third-order valence-corrected chi connectivity index (χ3v) is 3.40. The first-order chi connectivity index (χ1) is 7.61. The molecule has 0 radical (unpaired) electrons. The summed E-state index contributed by atoms with van der Waals surface area (Å²) in [5.41, 5.74) is 1.99. The predicted octanol–water partition coefficient (Wildman–Crippen LogP) is 2.76. The Hall–Kier alpha value is -0.640. The second-order valence-corrected chi connectivity index (χ2v) is 4.48. The fourth-order valence-electron chi connectivity index (χ4n) is 1.97. The molecule has 16 heavy (non-hydrogen) atoms. The van der Waals surface area contributed by atoms with Crippen LogP contribution in [0.15, 0.2) is 6.07 Å². The number of hydrogen-bond acceptors (Lipinski definition) is 2. The summed E-state index contributed by atoms with van der Waals surface area (Å²) in [7, 11) is 0. The van der Waals surface area contributed by atoms with Crippen molar-refractivity contribution in [3.05, 3.63) is 33.6 Å². The lowest BCUT2D eigenvalue weighted by molar-refractivity contribution is 0.0271. The lowest BCUT2D eigenvalue weighted by atomic mass is 9.99. The summed E-state index contributed by atoms with van der Waals surface area (Å²) in [6.07, 6.45) is -0.0960. The van der Waals surface area contributed by atoms with Crippen LogP contribution in [0.2, 0.25) is 5.02 Å². The zero-order chi connectivity index (χ0) is 11.7. The highest BCUT2D eigenvalue weighted by Gasteiger charge is 2.21. The summed E-state index contributed by atoms with van der Waals surface area (Å²) in [5, 5.41) is 3.69. The molecule has 1 N–H and O–H groups in total. The molecule has 0 saturated carbocycles. The van der Waals surface area contributed by atoms with Gasteiger partial charge in [0.15, 0.2) is 0 Å². The molecule has 0 aromatic heterocycles. The van der Waals surface area contributed by atoms with Crippen molar-refractivity contribution in [3.63, 3.8) is 0 Å². The number of ether oxygens (including phenoxy) is 1. The van der Waals surface area contributed by atoms with Crippen LogP contribution in [0.4, 0.5) is 4.39 Å². The summed E-state index contributed by atoms with van der Waals surface area (Å²) in [6.45, 7) is 5.66. The van der Waals surface area contributed by atoms with Gasteiger partial charge in [-0.1, -0.05) is 11.6 Å². The van der Waals surface area contributed by atoms with Crippen LogP contribution in [0, 0.1) is 19.7 Å². The largest absolute Gasteiger partial charge is 0.371 e. The normalized spacial score (nSPS) is 21.1. The van der Waals surface area contributed by atoms with Gasteiger partial charge in [0, 0.05) is 23.7 Å². The predicted molar refractivity (Wildman–Crippen MR) is 62.4 cm³/mol. The molecule has 1 atom stereocenters. The fourth-order valence-corrected chi connectivity index (χ4v) is 2.17. The van der Waals surface area contributed by atoms with Crippen molar-refractivity contribution in [1.29, 1.82) is 0 Å². The zero-order valence-corrected chi connectivity index (χ0v) is 10.2. The molecule has 1 aromatic rings. The molecule has 88 valence electrons. The van der Waals surface area contributed by atoms with Crippen LogP contribution in [0.25, 0.3) is 0 Å². The minimum Gasteiger partial charge on any atom is -0.371 e. The van der Waals surface area contributed by atoms with E-state index in [0.717, 1.165) is 12.1 Å². The number of rotatable bonds is 1. The lowest BCUT2D eigenvalue weighted by Crippen LogP contribution is -2.33. The van der Waals surface area contributed by atoms with Crippen molar-refractivity contribution < 1.29 is 9.13 Å². The van der Waals surface area contributed by atoms with Crippen LogP contribution >= 0.6 is 11.6 Å². The van der Waals surface area contributed by atoms with E-state index in [0.29, 0.717) is 29.3 Å². The molecular formula is C12H15ClFNO. The van der Waals surface area contributed by atoms with E-state index in [1.165, 1.54) is 0 Å². The Labute approximate surface area is 99.7 Å². The summed E-state index contributed by atoms with van der Waals surface area (Å²) >= 11 is 5.99. The summed E-state index contributed by atoms with van der Waals surface area (Å²) in [6, 6.07) is 1.81. The van der Waals surface area contributed by atoms with Gasteiger partial charge in [-0.15, -0.1) is 0 Å². The molecule has 1 fully saturated rings. The van der Waals surface area contributed by atoms with Crippen molar-refractivity contribution in [2.75, 3.05) is 19.7 Å². The molecule has 0 amide bonds. The van der Waals surface area contributed by atoms with Crippen molar-refractivity contribution in [2.45, 2.75) is 20.0 Å². The van der Waals surface area contributed by atoms with Crippen molar-refractivity contribution >= 4 is 11.6 Å². The highest BCUT2D eigenvalue weighted by atomic mass is 35.5. The van der Waals surface area contributed by atoms with E-state index in [4.69, 9.17) is 16.3 Å². The van der Waals surface area contributed by atoms with E-state index < -0.39 is 0 Å². The topological polar surface area (TPSA) is 21.3 Å². The Kier molecular flexibility index (Phi) is 3.47. The van der Waals surface area contributed by atoms with Gasteiger partial charge < -0.3 is 10.1 Å². The Morgan fingerprint density at radius 3 is 2.81 bits per heavy atom. The van der Waals surface area contributed by atoms with Gasteiger partial charge in [-0.25, -0.2) is 4.39 Å². The maximum atomic E-state index is 13.8. The van der Waals surface area contributed by atoms with Crippen LogP contribution in [-0.4, -0.2) is 19.7 Å². The molecule has 1 saturated heterocycles. The molecular weight excluding hydrogens is 229 g/mol. The number of benzene rings is 1. The van der Waals surface area contributed by atoms with Gasteiger partial charge >= 0.3 is 0 Å². The standard InChI is InChI=1S/C12H15ClFNO/c1-7-9(11-6-15-3-4-16-11)5-10(13)8(2)12(7)14/h5,11,15H,3-4,6H2,1-2H3. The van der Waals surface area contributed by atoms with Gasteiger partial charge in [0.2, 0.25) is 0 Å². The molecule has 1 heterocycles. The first kappa shape index (κ1) is 11.8. The molecule has 1 aliphatic heterocycles. The molecule has 1 aliphatic rings. The number of hydrogen-bond donors (Lipinski definition) is 1. The van der Waals surface area contributed by atoms with Gasteiger partial charge in [-0.05, 0) is 31.0 Å². The summed E-state index contributed by atoms with van der Waals surface area (Å²) < 4.78 is 19.5. The summed E-state index contributed by atoms with van der Waals surface area (Å²) in [4.78, 5) is 0. The zero-order valence-electron chi connectivity index (χ0n) is 9.44. The Balaban J connectivity index is 2.40. The minimum atomic E-state index is -0.225. The average molecular weight is 244 g/mol. The number of halogens is 2. The second-order valence-electron chi connectivity index (χ2n) is 4.08. The van der Waals surface area contributed by atoms with E-state index in [9.17, 15) is 4.39 Å². The number of morpholine rings is 1. The molecule has 4 heteroatoms. The SMILES string of the molecule is Cc1c(Cl)cc(C2CNCCO2)c(C)c1F. The van der Waals surface area contributed by atoms with Crippen LogP contribution < -0.4 is 5.32 Å². The second kappa shape index (κ2) is 4.70. The maximum Gasteiger partial charge on any atom is 0.130 e. The Morgan fingerprint density at radius 2 is 2.19 bits per heavy atom. The summed E-state index contributed by atoms with van der Waals surface area (Å²) in [5.74, 6) is -0.225. The third-order valence-electron chi connectivity index (χ3n) is 3.01. The maximum absolute atomic E-state index is 13.8. The highest BCUT2D eigenvalue weighted by molar-refractivity contribution is 6.31. The Morgan fingerprint density at radius 1 is 1.44 bits per heavy atom. The highest BCUT2D eigenvalue weighted by Crippen LogP contribution is 2.30. The van der Waals surface area contributed by atoms with Gasteiger partial charge in [0.05, 0.1) is 12.7 Å². The van der Waals surface area contributed by atoms with E-state index in [-0.39, 0.29) is 11.9 Å². The molecule has 1 aromatic carbocycles. The fraction of sp³-hybridized carbons (Fsp3) is 0.500. The van der Waals surface area contributed by atoms with Gasteiger partial charge in [-0.2, -0.15) is 0 Å². The first-order valence-electron chi connectivity index (χ1n) is 5.38. The third kappa shape index (κ3) is 2.08. The van der Waals surface area contributed by atoms with E-state index in [2.05, 4.69) is 5.32 Å². The molecule has 0 spiro atoms. The first-order valence-corrected chi connectivity index (χ1v) is 5.76. The van der Waals surface area contributed by atoms with Gasteiger partial charge in [0.25, 0.3) is 0 Å². The van der Waals surface area contributed by atoms with Crippen molar-refractivity contribution in [3.8, 4) is 0 Å². The smallest absolute Gasteiger partial charge is 0.130 e. The van der Waals surface area contributed by atoms with Gasteiger partial charge in [-0.3, -0.25) is 0 Å². The van der Waals surface area contributed by atoms with E-state index in [1.54, 1.807) is 13.8 Å².